The number of hydrogen-bond donors (Lipinski definition) is 1. The summed E-state index contributed by atoms with van der Waals surface area (Å²) in [6.07, 6.45) is 5.94. The monoisotopic (exact) mass is 358 g/mol. The van der Waals surface area contributed by atoms with E-state index in [2.05, 4.69) is 11.9 Å². The number of likely N-dealkylation sites (tertiary alicyclic amines) is 1. The fourth-order valence-electron chi connectivity index (χ4n) is 4.57. The van der Waals surface area contributed by atoms with Gasteiger partial charge in [0.2, 0.25) is 5.91 Å². The van der Waals surface area contributed by atoms with Gasteiger partial charge in [0.25, 0.3) is 0 Å². The average molecular weight is 358 g/mol. The van der Waals surface area contributed by atoms with E-state index in [-0.39, 0.29) is 11.7 Å². The summed E-state index contributed by atoms with van der Waals surface area (Å²) in [7, 11) is 0. The van der Waals surface area contributed by atoms with Crippen LogP contribution in [0.1, 0.15) is 44.1 Å². The number of piperidine rings is 1. The maximum absolute atomic E-state index is 13.4. The number of ether oxygens (including phenoxy) is 1. The predicted molar refractivity (Wildman–Crippen MR) is 99.5 cm³/mol. The summed E-state index contributed by atoms with van der Waals surface area (Å²) in [5.74, 6) is 1.06. The Balaban J connectivity index is 1.39. The van der Waals surface area contributed by atoms with Crippen LogP contribution in [0.5, 0.6) is 0 Å². The van der Waals surface area contributed by atoms with Crippen molar-refractivity contribution in [3.05, 3.63) is 35.8 Å². The molecule has 2 saturated heterocycles. The van der Waals surface area contributed by atoms with E-state index >= 15 is 0 Å². The molecule has 0 aliphatic carbocycles. The lowest BCUT2D eigenvalue weighted by Gasteiger charge is -2.36. The maximum atomic E-state index is 13.4. The second-order valence-electron chi connectivity index (χ2n) is 7.77. The Bertz CT molecular complexity index is 773. The Hall–Kier alpha value is -1.88. The number of aromatic nitrogens is 1. The smallest absolute Gasteiger partial charge is 0.225 e. The summed E-state index contributed by atoms with van der Waals surface area (Å²) in [6, 6.07) is 4.93. The van der Waals surface area contributed by atoms with Crippen molar-refractivity contribution in [3.8, 4) is 0 Å². The maximum Gasteiger partial charge on any atom is 0.225 e. The third kappa shape index (κ3) is 3.37. The van der Waals surface area contributed by atoms with Crippen molar-refractivity contribution in [3.63, 3.8) is 0 Å². The molecule has 2 fully saturated rings. The highest BCUT2D eigenvalue weighted by molar-refractivity contribution is 5.84. The molecule has 2 aliphatic rings. The molecular formula is C21H27FN2O2. The molecule has 26 heavy (non-hydrogen) atoms. The molecule has 1 aromatic carbocycles. The number of carbonyl (C=O) groups is 1. The van der Waals surface area contributed by atoms with Crippen LogP contribution in [-0.4, -0.2) is 42.1 Å². The molecule has 1 unspecified atom stereocenters. The van der Waals surface area contributed by atoms with Crippen molar-refractivity contribution in [2.45, 2.75) is 38.5 Å². The van der Waals surface area contributed by atoms with E-state index in [9.17, 15) is 9.18 Å². The van der Waals surface area contributed by atoms with E-state index in [4.69, 9.17) is 4.74 Å². The van der Waals surface area contributed by atoms with E-state index < -0.39 is 0 Å². The highest BCUT2D eigenvalue weighted by Crippen LogP contribution is 2.34. The molecule has 5 heteroatoms. The summed E-state index contributed by atoms with van der Waals surface area (Å²) in [4.78, 5) is 18.1. The molecule has 2 aliphatic heterocycles. The first kappa shape index (κ1) is 17.5. The number of hydrogen-bond acceptors (Lipinski definition) is 2. The minimum atomic E-state index is -0.214. The van der Waals surface area contributed by atoms with Crippen LogP contribution in [0.3, 0.4) is 0 Å². The van der Waals surface area contributed by atoms with Crippen molar-refractivity contribution in [2.24, 2.45) is 11.8 Å². The van der Waals surface area contributed by atoms with Crippen LogP contribution in [0, 0.1) is 17.7 Å². The standard InChI is InChI=1S/C21H27FN2O2/c1-14(15-6-10-26-11-7-15)21(25)24-8-4-16(5-9-24)19-13-23-20-12-17(22)2-3-18(19)20/h2-3,12-16,23H,4-11H2,1H3. The number of H-pyrrole nitrogens is 1. The van der Waals surface area contributed by atoms with E-state index in [1.807, 2.05) is 17.2 Å². The van der Waals surface area contributed by atoms with Crippen molar-refractivity contribution in [1.82, 2.24) is 9.88 Å². The van der Waals surface area contributed by atoms with Gasteiger partial charge in [0, 0.05) is 49.3 Å². The Morgan fingerprint density at radius 2 is 1.96 bits per heavy atom. The van der Waals surface area contributed by atoms with Crippen LogP contribution in [-0.2, 0) is 9.53 Å². The zero-order valence-electron chi connectivity index (χ0n) is 15.3. The first-order valence-electron chi connectivity index (χ1n) is 9.76. The van der Waals surface area contributed by atoms with Crippen LogP contribution in [0.2, 0.25) is 0 Å². The molecule has 1 atom stereocenters. The molecule has 0 spiro atoms. The molecule has 4 rings (SSSR count). The Labute approximate surface area is 153 Å². The van der Waals surface area contributed by atoms with Crippen molar-refractivity contribution >= 4 is 16.8 Å². The normalized spacial score (nSPS) is 21.2. The van der Waals surface area contributed by atoms with E-state index in [1.165, 1.54) is 11.6 Å². The number of aromatic amines is 1. The molecular weight excluding hydrogens is 331 g/mol. The number of nitrogens with one attached hydrogen (secondary N) is 1. The summed E-state index contributed by atoms with van der Waals surface area (Å²) >= 11 is 0. The van der Waals surface area contributed by atoms with Crippen molar-refractivity contribution in [1.29, 1.82) is 0 Å². The second kappa shape index (κ2) is 7.39. The summed E-state index contributed by atoms with van der Waals surface area (Å²) in [6.45, 7) is 5.27. The number of amides is 1. The van der Waals surface area contributed by atoms with Gasteiger partial charge in [-0.25, -0.2) is 4.39 Å². The quantitative estimate of drug-likeness (QED) is 0.899. The molecule has 1 N–H and O–H groups in total. The summed E-state index contributed by atoms with van der Waals surface area (Å²) < 4.78 is 18.8. The van der Waals surface area contributed by atoms with Crippen molar-refractivity contribution < 1.29 is 13.9 Å². The Morgan fingerprint density at radius 3 is 2.69 bits per heavy atom. The lowest BCUT2D eigenvalue weighted by Crippen LogP contribution is -2.43. The average Bonchev–Trinajstić information content (AvgIpc) is 3.10. The molecule has 4 nitrogen and oxygen atoms in total. The number of carbonyl (C=O) groups excluding carboxylic acids is 1. The zero-order chi connectivity index (χ0) is 18.1. The first-order chi connectivity index (χ1) is 12.6. The van der Waals surface area contributed by atoms with Crippen LogP contribution < -0.4 is 0 Å². The number of rotatable bonds is 3. The largest absolute Gasteiger partial charge is 0.381 e. The minimum Gasteiger partial charge on any atom is -0.381 e. The molecule has 0 bridgehead atoms. The number of nitrogens with zero attached hydrogens (tertiary/aromatic N) is 1. The fourth-order valence-corrected chi connectivity index (χ4v) is 4.57. The molecule has 3 heterocycles. The topological polar surface area (TPSA) is 45.3 Å². The Kier molecular flexibility index (Phi) is 4.98. The van der Waals surface area contributed by atoms with Crippen LogP contribution >= 0.6 is 0 Å². The first-order valence-corrected chi connectivity index (χ1v) is 9.76. The van der Waals surface area contributed by atoms with Gasteiger partial charge in [-0.2, -0.15) is 0 Å². The lowest BCUT2D eigenvalue weighted by molar-refractivity contribution is -0.139. The van der Waals surface area contributed by atoms with E-state index in [0.717, 1.165) is 62.9 Å². The zero-order valence-corrected chi connectivity index (χ0v) is 15.3. The Morgan fingerprint density at radius 1 is 1.23 bits per heavy atom. The van der Waals surface area contributed by atoms with Gasteiger partial charge in [-0.3, -0.25) is 4.79 Å². The van der Waals surface area contributed by atoms with E-state index in [1.54, 1.807) is 6.07 Å². The van der Waals surface area contributed by atoms with Gasteiger partial charge in [0.15, 0.2) is 0 Å². The second-order valence-corrected chi connectivity index (χ2v) is 7.77. The molecule has 2 aromatic rings. The third-order valence-electron chi connectivity index (χ3n) is 6.28. The van der Waals surface area contributed by atoms with Gasteiger partial charge in [-0.05, 0) is 61.3 Å². The highest BCUT2D eigenvalue weighted by Gasteiger charge is 2.32. The molecule has 1 amide bonds. The van der Waals surface area contributed by atoms with Gasteiger partial charge in [0.1, 0.15) is 5.82 Å². The van der Waals surface area contributed by atoms with Gasteiger partial charge in [-0.1, -0.05) is 6.92 Å². The predicted octanol–water partition coefficient (Wildman–Crippen LogP) is 4.08. The van der Waals surface area contributed by atoms with Crippen LogP contribution in [0.15, 0.2) is 24.4 Å². The molecule has 140 valence electrons. The van der Waals surface area contributed by atoms with Gasteiger partial charge in [-0.15, -0.1) is 0 Å². The van der Waals surface area contributed by atoms with Gasteiger partial charge in [0.05, 0.1) is 0 Å². The molecule has 0 radical (unpaired) electrons. The fraction of sp³-hybridized carbons (Fsp3) is 0.571. The summed E-state index contributed by atoms with van der Waals surface area (Å²) in [5, 5.41) is 1.10. The number of halogens is 1. The van der Waals surface area contributed by atoms with Gasteiger partial charge >= 0.3 is 0 Å². The van der Waals surface area contributed by atoms with E-state index in [0.29, 0.717) is 17.7 Å². The molecule has 0 saturated carbocycles. The molecule has 1 aromatic heterocycles. The lowest BCUT2D eigenvalue weighted by atomic mass is 9.84. The SMILES string of the molecule is CC(C(=O)N1CCC(c2c[nH]c3cc(F)ccc23)CC1)C1CCOCC1. The number of fused-ring (bicyclic) bond motifs is 1. The van der Waals surface area contributed by atoms with Crippen LogP contribution in [0.4, 0.5) is 4.39 Å². The van der Waals surface area contributed by atoms with Crippen LogP contribution in [0.25, 0.3) is 10.9 Å². The number of benzene rings is 1. The third-order valence-corrected chi connectivity index (χ3v) is 6.28. The van der Waals surface area contributed by atoms with Gasteiger partial charge < -0.3 is 14.6 Å². The minimum absolute atomic E-state index is 0.0894. The highest BCUT2D eigenvalue weighted by atomic mass is 19.1. The van der Waals surface area contributed by atoms with Crippen molar-refractivity contribution in [2.75, 3.05) is 26.3 Å². The summed E-state index contributed by atoms with van der Waals surface area (Å²) in [5.41, 5.74) is 2.11.